The molecule has 1 aliphatic heterocycles. The lowest BCUT2D eigenvalue weighted by molar-refractivity contribution is -0.137. The van der Waals surface area contributed by atoms with Crippen molar-refractivity contribution in [1.82, 2.24) is 9.80 Å². The van der Waals surface area contributed by atoms with E-state index in [1.165, 1.54) is 12.1 Å². The van der Waals surface area contributed by atoms with Crippen LogP contribution in [0.1, 0.15) is 35.6 Å². The molecule has 1 atom stereocenters. The van der Waals surface area contributed by atoms with Gasteiger partial charge in [0.2, 0.25) is 5.91 Å². The number of rotatable bonds is 6. The second-order valence-corrected chi connectivity index (χ2v) is 7.49. The van der Waals surface area contributed by atoms with E-state index in [4.69, 9.17) is 0 Å². The number of nitrogens with zero attached hydrogens (tertiary/aromatic N) is 2. The largest absolute Gasteiger partial charge is 0.508 e. The van der Waals surface area contributed by atoms with Crippen molar-refractivity contribution in [3.05, 3.63) is 65.2 Å². The fraction of sp³-hybridized carbons (Fsp3) is 0.409. The number of carbonyl (C=O) groups excluding carboxylic acids is 1. The van der Waals surface area contributed by atoms with Crippen LogP contribution in [0.15, 0.2) is 48.5 Å². The van der Waals surface area contributed by atoms with Gasteiger partial charge in [-0.05, 0) is 61.3 Å². The summed E-state index contributed by atoms with van der Waals surface area (Å²) in [5, 5.41) is 9.86. The van der Waals surface area contributed by atoms with Crippen LogP contribution < -0.4 is 0 Å². The molecule has 1 saturated heterocycles. The molecule has 2 aromatic rings. The van der Waals surface area contributed by atoms with Crippen molar-refractivity contribution in [3.8, 4) is 5.75 Å². The summed E-state index contributed by atoms with van der Waals surface area (Å²) in [5.41, 5.74) is 0.638. The molecule has 0 spiro atoms. The summed E-state index contributed by atoms with van der Waals surface area (Å²) < 4.78 is 38.2. The number of phenols is 1. The second-order valence-electron chi connectivity index (χ2n) is 7.49. The smallest absolute Gasteiger partial charge is 0.416 e. The molecule has 0 saturated carbocycles. The summed E-state index contributed by atoms with van der Waals surface area (Å²) in [6.45, 7) is 2.59. The Morgan fingerprint density at radius 1 is 1.14 bits per heavy atom. The summed E-state index contributed by atoms with van der Waals surface area (Å²) in [6.07, 6.45) is -2.13. The Hall–Kier alpha value is -2.54. The highest BCUT2D eigenvalue weighted by molar-refractivity contribution is 5.79. The Labute approximate surface area is 168 Å². The number of likely N-dealkylation sites (tertiary alicyclic amines) is 1. The summed E-state index contributed by atoms with van der Waals surface area (Å²) in [7, 11) is 1.71. The van der Waals surface area contributed by atoms with Crippen molar-refractivity contribution in [2.75, 3.05) is 26.7 Å². The first-order valence-corrected chi connectivity index (χ1v) is 9.67. The molecule has 0 aromatic heterocycles. The maximum absolute atomic E-state index is 12.9. The van der Waals surface area contributed by atoms with Gasteiger partial charge in [-0.25, -0.2) is 0 Å². The van der Waals surface area contributed by atoms with Gasteiger partial charge in [0.1, 0.15) is 5.75 Å². The lowest BCUT2D eigenvalue weighted by Gasteiger charge is -2.32. The zero-order valence-electron chi connectivity index (χ0n) is 16.3. The van der Waals surface area contributed by atoms with Crippen LogP contribution >= 0.6 is 0 Å². The molecule has 1 aliphatic rings. The SMILES string of the molecule is CN(C(=O)Cc1ccc(C(F)(F)F)cc1)[C@@H](CN1CCCC1)c1cccc(O)c1. The highest BCUT2D eigenvalue weighted by Gasteiger charge is 2.30. The van der Waals surface area contributed by atoms with E-state index in [9.17, 15) is 23.1 Å². The Morgan fingerprint density at radius 3 is 2.38 bits per heavy atom. The van der Waals surface area contributed by atoms with E-state index < -0.39 is 11.7 Å². The second kappa shape index (κ2) is 8.86. The predicted molar refractivity (Wildman–Crippen MR) is 104 cm³/mol. The van der Waals surface area contributed by atoms with Gasteiger partial charge in [0.05, 0.1) is 18.0 Å². The molecule has 1 N–H and O–H groups in total. The molecule has 0 radical (unpaired) electrons. The first-order chi connectivity index (χ1) is 13.7. The number of alkyl halides is 3. The van der Waals surface area contributed by atoms with E-state index in [1.807, 2.05) is 6.07 Å². The normalized spacial score (nSPS) is 16.0. The molecule has 3 rings (SSSR count). The van der Waals surface area contributed by atoms with Gasteiger partial charge in [0.15, 0.2) is 0 Å². The summed E-state index contributed by atoms with van der Waals surface area (Å²) in [6, 6.07) is 11.3. The number of phenolic OH excluding ortho intramolecular Hbond substituents is 1. The van der Waals surface area contributed by atoms with E-state index in [0.717, 1.165) is 43.6 Å². The Balaban J connectivity index is 1.75. The van der Waals surface area contributed by atoms with Gasteiger partial charge >= 0.3 is 6.18 Å². The first-order valence-electron chi connectivity index (χ1n) is 9.67. The van der Waals surface area contributed by atoms with Crippen LogP contribution in [-0.4, -0.2) is 47.5 Å². The van der Waals surface area contributed by atoms with Crippen molar-refractivity contribution < 1.29 is 23.1 Å². The Morgan fingerprint density at radius 2 is 1.79 bits per heavy atom. The van der Waals surface area contributed by atoms with Crippen molar-refractivity contribution in [2.45, 2.75) is 31.5 Å². The average molecular weight is 406 g/mol. The van der Waals surface area contributed by atoms with Crippen molar-refractivity contribution in [1.29, 1.82) is 0 Å². The van der Waals surface area contributed by atoms with Gasteiger partial charge in [-0.3, -0.25) is 4.79 Å². The number of aromatic hydroxyl groups is 1. The Kier molecular flexibility index (Phi) is 6.47. The standard InChI is InChI=1S/C22H25F3N2O2/c1-26(21(29)13-16-7-9-18(10-8-16)22(23,24)25)20(15-27-11-2-3-12-27)17-5-4-6-19(28)14-17/h4-10,14,20,28H,2-3,11-13,15H2,1H3/t20-/m0/s1. The van der Waals surface area contributed by atoms with Gasteiger partial charge in [-0.2, -0.15) is 13.2 Å². The van der Waals surface area contributed by atoms with Crippen LogP contribution in [0.3, 0.4) is 0 Å². The highest BCUT2D eigenvalue weighted by Crippen LogP contribution is 2.30. The molecular weight excluding hydrogens is 381 g/mol. The third-order valence-corrected chi connectivity index (χ3v) is 5.38. The van der Waals surface area contributed by atoms with Crippen LogP contribution in [0.5, 0.6) is 5.75 Å². The number of halogens is 3. The Bertz CT molecular complexity index is 831. The molecule has 1 heterocycles. The minimum atomic E-state index is -4.39. The maximum atomic E-state index is 12.9. The number of carbonyl (C=O) groups is 1. The minimum absolute atomic E-state index is 0.0178. The van der Waals surface area contributed by atoms with E-state index in [0.29, 0.717) is 12.1 Å². The molecular formula is C22H25F3N2O2. The monoisotopic (exact) mass is 406 g/mol. The van der Waals surface area contributed by atoms with E-state index in [-0.39, 0.29) is 24.1 Å². The molecule has 29 heavy (non-hydrogen) atoms. The minimum Gasteiger partial charge on any atom is -0.508 e. The van der Waals surface area contributed by atoms with Gasteiger partial charge in [0.25, 0.3) is 0 Å². The van der Waals surface area contributed by atoms with Crippen molar-refractivity contribution >= 4 is 5.91 Å². The van der Waals surface area contributed by atoms with Crippen LogP contribution in [0, 0.1) is 0 Å². The molecule has 0 bridgehead atoms. The zero-order valence-corrected chi connectivity index (χ0v) is 16.3. The number of likely N-dealkylation sites (N-methyl/N-ethyl adjacent to an activating group) is 1. The van der Waals surface area contributed by atoms with Crippen LogP contribution in [-0.2, 0) is 17.4 Å². The van der Waals surface area contributed by atoms with Gasteiger partial charge in [-0.1, -0.05) is 24.3 Å². The third kappa shape index (κ3) is 5.50. The van der Waals surface area contributed by atoms with Crippen LogP contribution in [0.25, 0.3) is 0 Å². The number of hydrogen-bond acceptors (Lipinski definition) is 3. The van der Waals surface area contributed by atoms with E-state index in [2.05, 4.69) is 4.90 Å². The lowest BCUT2D eigenvalue weighted by atomic mass is 10.0. The van der Waals surface area contributed by atoms with E-state index >= 15 is 0 Å². The fourth-order valence-electron chi connectivity index (χ4n) is 3.68. The summed E-state index contributed by atoms with van der Waals surface area (Å²) in [4.78, 5) is 16.8. The highest BCUT2D eigenvalue weighted by atomic mass is 19.4. The molecule has 4 nitrogen and oxygen atoms in total. The molecule has 2 aromatic carbocycles. The molecule has 0 aliphatic carbocycles. The molecule has 7 heteroatoms. The van der Waals surface area contributed by atoms with E-state index in [1.54, 1.807) is 30.1 Å². The average Bonchev–Trinajstić information content (AvgIpc) is 3.18. The number of hydrogen-bond donors (Lipinski definition) is 1. The molecule has 1 fully saturated rings. The third-order valence-electron chi connectivity index (χ3n) is 5.38. The van der Waals surface area contributed by atoms with Crippen molar-refractivity contribution in [2.24, 2.45) is 0 Å². The van der Waals surface area contributed by atoms with Gasteiger partial charge in [-0.15, -0.1) is 0 Å². The predicted octanol–water partition coefficient (Wildman–Crippen LogP) is 4.25. The molecule has 156 valence electrons. The number of benzene rings is 2. The first kappa shape index (κ1) is 21.2. The fourth-order valence-corrected chi connectivity index (χ4v) is 3.68. The quantitative estimate of drug-likeness (QED) is 0.780. The summed E-state index contributed by atoms with van der Waals surface area (Å²) in [5.74, 6) is -0.0465. The van der Waals surface area contributed by atoms with Crippen LogP contribution in [0.2, 0.25) is 0 Å². The molecule has 1 amide bonds. The number of amides is 1. The van der Waals surface area contributed by atoms with Crippen LogP contribution in [0.4, 0.5) is 13.2 Å². The van der Waals surface area contributed by atoms with Gasteiger partial charge < -0.3 is 14.9 Å². The molecule has 0 unspecified atom stereocenters. The maximum Gasteiger partial charge on any atom is 0.416 e. The topological polar surface area (TPSA) is 43.8 Å². The van der Waals surface area contributed by atoms with Crippen molar-refractivity contribution in [3.63, 3.8) is 0 Å². The van der Waals surface area contributed by atoms with Gasteiger partial charge in [0, 0.05) is 13.6 Å². The lowest BCUT2D eigenvalue weighted by Crippen LogP contribution is -2.39. The zero-order chi connectivity index (χ0) is 21.0. The summed E-state index contributed by atoms with van der Waals surface area (Å²) >= 11 is 0.